The Morgan fingerprint density at radius 2 is 1.22 bits per heavy atom. The summed E-state index contributed by atoms with van der Waals surface area (Å²) in [6, 6.07) is 37.9. The van der Waals surface area contributed by atoms with Gasteiger partial charge in [0.2, 0.25) is 0 Å². The van der Waals surface area contributed by atoms with Crippen molar-refractivity contribution in [3.63, 3.8) is 0 Å². The van der Waals surface area contributed by atoms with E-state index in [1.165, 1.54) is 57.2 Å². The third-order valence-electron chi connectivity index (χ3n) is 9.21. The van der Waals surface area contributed by atoms with Crippen LogP contribution in [0.1, 0.15) is 22.3 Å². The monoisotopic (exact) mass is 580 g/mol. The highest BCUT2D eigenvalue weighted by Gasteiger charge is 2.53. The van der Waals surface area contributed by atoms with E-state index in [2.05, 4.69) is 91.0 Å². The van der Waals surface area contributed by atoms with E-state index in [9.17, 15) is 0 Å². The maximum absolute atomic E-state index is 15.2. The van der Waals surface area contributed by atoms with E-state index in [0.717, 1.165) is 32.7 Å². The van der Waals surface area contributed by atoms with Gasteiger partial charge in [-0.1, -0.05) is 90.5 Å². The first-order valence-electron chi connectivity index (χ1n) is 13.7. The predicted octanol–water partition coefficient (Wildman–Crippen LogP) is 11.6. The van der Waals surface area contributed by atoms with Crippen LogP contribution in [0.2, 0.25) is 5.02 Å². The van der Waals surface area contributed by atoms with Crippen molar-refractivity contribution in [2.75, 3.05) is 0 Å². The molecular formula is C37H18ClFS2. The smallest absolute Gasteiger partial charge is 0.123 e. The molecule has 0 N–H and O–H groups in total. The normalized spacial score (nSPS) is 16.6. The summed E-state index contributed by atoms with van der Waals surface area (Å²) in [7, 11) is 0. The van der Waals surface area contributed by atoms with Gasteiger partial charge in [-0.3, -0.25) is 0 Å². The maximum Gasteiger partial charge on any atom is 0.123 e. The Bertz CT molecular complexity index is 2460. The van der Waals surface area contributed by atoms with Crippen molar-refractivity contribution in [3.8, 4) is 22.3 Å². The summed E-state index contributed by atoms with van der Waals surface area (Å²) in [6.45, 7) is 0. The van der Waals surface area contributed by atoms with E-state index in [0.29, 0.717) is 0 Å². The molecule has 192 valence electrons. The molecule has 0 nitrogen and oxygen atoms in total. The Labute approximate surface area is 247 Å². The molecule has 10 rings (SSSR count). The summed E-state index contributed by atoms with van der Waals surface area (Å²) in [4.78, 5) is 0. The molecule has 0 fully saturated rings. The van der Waals surface area contributed by atoms with Crippen LogP contribution in [0.15, 0.2) is 109 Å². The lowest BCUT2D eigenvalue weighted by Gasteiger charge is -2.30. The molecule has 2 aromatic heterocycles. The lowest BCUT2D eigenvalue weighted by molar-refractivity contribution is 0.622. The molecule has 2 aliphatic rings. The fourth-order valence-electron chi connectivity index (χ4n) is 7.72. The molecule has 0 saturated heterocycles. The summed E-state index contributed by atoms with van der Waals surface area (Å²) >= 11 is 10.9. The molecule has 2 heterocycles. The SMILES string of the molecule is Fc1ccc2c(c1)C1(c3ccccc3-2)c2ccc3c(sc4ccccc43)c2-c2c1cc(Cl)c1c2sc2ccccc21. The predicted molar refractivity (Wildman–Crippen MR) is 173 cm³/mol. The second kappa shape index (κ2) is 7.63. The quantitative estimate of drug-likeness (QED) is 0.167. The fraction of sp³-hybridized carbons (Fsp3) is 0.0270. The molecule has 8 aromatic rings. The first-order valence-corrected chi connectivity index (χ1v) is 15.7. The van der Waals surface area contributed by atoms with E-state index in [-0.39, 0.29) is 5.82 Å². The number of fused-ring (bicyclic) bond motifs is 18. The number of hydrogen-bond acceptors (Lipinski definition) is 2. The highest BCUT2D eigenvalue weighted by atomic mass is 35.5. The molecule has 41 heavy (non-hydrogen) atoms. The van der Waals surface area contributed by atoms with Gasteiger partial charge < -0.3 is 0 Å². The van der Waals surface area contributed by atoms with Crippen LogP contribution in [0.5, 0.6) is 0 Å². The van der Waals surface area contributed by atoms with Gasteiger partial charge in [0.1, 0.15) is 5.82 Å². The molecule has 0 saturated carbocycles. The van der Waals surface area contributed by atoms with Gasteiger partial charge in [-0.15, -0.1) is 22.7 Å². The second-order valence-corrected chi connectivity index (χ2v) is 13.5. The zero-order chi connectivity index (χ0) is 27.0. The van der Waals surface area contributed by atoms with Gasteiger partial charge in [0, 0.05) is 51.5 Å². The topological polar surface area (TPSA) is 0 Å². The minimum Gasteiger partial charge on any atom is -0.207 e. The molecular weight excluding hydrogens is 563 g/mol. The summed E-state index contributed by atoms with van der Waals surface area (Å²) in [5.41, 5.74) is 8.64. The molecule has 6 aromatic carbocycles. The zero-order valence-corrected chi connectivity index (χ0v) is 23.9. The summed E-state index contributed by atoms with van der Waals surface area (Å²) < 4.78 is 20.2. The minimum atomic E-state index is -0.656. The number of halogens is 2. The van der Waals surface area contributed by atoms with Gasteiger partial charge in [-0.2, -0.15) is 0 Å². The van der Waals surface area contributed by atoms with Gasteiger partial charge >= 0.3 is 0 Å². The second-order valence-electron chi connectivity index (χ2n) is 11.0. The molecule has 4 heteroatoms. The van der Waals surface area contributed by atoms with Crippen LogP contribution >= 0.6 is 34.3 Å². The first kappa shape index (κ1) is 22.6. The van der Waals surface area contributed by atoms with Crippen LogP contribution in [0.3, 0.4) is 0 Å². The Morgan fingerprint density at radius 3 is 2.10 bits per heavy atom. The van der Waals surface area contributed by atoms with E-state index >= 15 is 4.39 Å². The third-order valence-corrected chi connectivity index (χ3v) is 11.9. The molecule has 0 amide bonds. The van der Waals surface area contributed by atoms with Gasteiger partial charge in [0.25, 0.3) is 0 Å². The highest BCUT2D eigenvalue weighted by Crippen LogP contribution is 2.66. The van der Waals surface area contributed by atoms with E-state index in [1.807, 2.05) is 28.7 Å². The van der Waals surface area contributed by atoms with Crippen molar-refractivity contribution < 1.29 is 4.39 Å². The number of benzene rings is 6. The Balaban J connectivity index is 1.50. The average molecular weight is 581 g/mol. The molecule has 1 atom stereocenters. The molecule has 0 aliphatic heterocycles. The fourth-order valence-corrected chi connectivity index (χ4v) is 10.6. The molecule has 0 bridgehead atoms. The molecule has 1 unspecified atom stereocenters. The van der Waals surface area contributed by atoms with Crippen molar-refractivity contribution >= 4 is 74.6 Å². The van der Waals surface area contributed by atoms with Crippen LogP contribution in [-0.2, 0) is 5.41 Å². The standard InChI is InChI=1S/C37H18ClFS2/c38-29-18-28-34(36-32(29)24-9-3-6-12-31(24)41-36)33-26(16-15-23-22-8-2-5-11-30(22)40-35(23)33)37(28)25-10-4-1-7-20(25)21-14-13-19(39)17-27(21)37/h1-18H. The number of thiophene rings is 2. The van der Waals surface area contributed by atoms with E-state index in [4.69, 9.17) is 11.6 Å². The summed E-state index contributed by atoms with van der Waals surface area (Å²) in [5.74, 6) is -0.220. The Morgan fingerprint density at radius 1 is 0.537 bits per heavy atom. The van der Waals surface area contributed by atoms with E-state index < -0.39 is 5.41 Å². The van der Waals surface area contributed by atoms with Crippen molar-refractivity contribution in [2.24, 2.45) is 0 Å². The van der Waals surface area contributed by atoms with Gasteiger partial charge in [-0.05, 0) is 63.7 Å². The van der Waals surface area contributed by atoms with Crippen molar-refractivity contribution in [1.82, 2.24) is 0 Å². The summed E-state index contributed by atoms with van der Waals surface area (Å²) in [5, 5.41) is 5.58. The lowest BCUT2D eigenvalue weighted by Crippen LogP contribution is -2.26. The van der Waals surface area contributed by atoms with Crippen LogP contribution in [0, 0.1) is 5.82 Å². The van der Waals surface area contributed by atoms with Gasteiger partial charge in [0.05, 0.1) is 10.4 Å². The lowest BCUT2D eigenvalue weighted by atomic mass is 9.70. The number of rotatable bonds is 0. The molecule has 0 radical (unpaired) electrons. The van der Waals surface area contributed by atoms with Crippen LogP contribution < -0.4 is 0 Å². The third kappa shape index (κ3) is 2.58. The molecule has 2 aliphatic carbocycles. The van der Waals surface area contributed by atoms with Crippen LogP contribution in [0.4, 0.5) is 4.39 Å². The van der Waals surface area contributed by atoms with Crippen molar-refractivity contribution in [2.45, 2.75) is 5.41 Å². The Hall–Kier alpha value is -4.02. The van der Waals surface area contributed by atoms with E-state index in [1.54, 1.807) is 12.1 Å². The molecule has 1 spiro atoms. The Kier molecular flexibility index (Phi) is 4.21. The largest absolute Gasteiger partial charge is 0.207 e. The minimum absolute atomic E-state index is 0.220. The van der Waals surface area contributed by atoms with Gasteiger partial charge in [0.15, 0.2) is 0 Å². The van der Waals surface area contributed by atoms with Crippen LogP contribution in [0.25, 0.3) is 62.6 Å². The first-order chi connectivity index (χ1) is 20.2. The summed E-state index contributed by atoms with van der Waals surface area (Å²) in [6.07, 6.45) is 0. The van der Waals surface area contributed by atoms with Gasteiger partial charge in [-0.25, -0.2) is 4.39 Å². The average Bonchev–Trinajstić information content (AvgIpc) is 3.72. The van der Waals surface area contributed by atoms with Crippen molar-refractivity contribution in [3.05, 3.63) is 142 Å². The highest BCUT2D eigenvalue weighted by molar-refractivity contribution is 7.27. The number of hydrogen-bond donors (Lipinski definition) is 0. The van der Waals surface area contributed by atoms with Crippen LogP contribution in [-0.4, -0.2) is 0 Å². The zero-order valence-electron chi connectivity index (χ0n) is 21.5. The van der Waals surface area contributed by atoms with Crippen molar-refractivity contribution in [1.29, 1.82) is 0 Å². The maximum atomic E-state index is 15.2.